The molecular formula is C22H25N5O2. The van der Waals surface area contributed by atoms with Crippen molar-refractivity contribution in [2.75, 3.05) is 20.1 Å². The lowest BCUT2D eigenvalue weighted by Gasteiger charge is -2.37. The second kappa shape index (κ2) is 7.57. The minimum Gasteiger partial charge on any atom is -0.359 e. The Morgan fingerprint density at radius 3 is 2.93 bits per heavy atom. The summed E-state index contributed by atoms with van der Waals surface area (Å²) in [5.74, 6) is 1.80. The zero-order valence-electron chi connectivity index (χ0n) is 16.5. The number of fused-ring (bicyclic) bond motifs is 4. The molecule has 7 heteroatoms. The fourth-order valence-corrected chi connectivity index (χ4v) is 4.62. The van der Waals surface area contributed by atoms with Gasteiger partial charge in [-0.2, -0.15) is 0 Å². The highest BCUT2D eigenvalue weighted by Gasteiger charge is 2.31. The maximum Gasteiger partial charge on any atom is 0.255 e. The number of nitrogens with one attached hydrogen (secondary N) is 1. The predicted molar refractivity (Wildman–Crippen MR) is 109 cm³/mol. The summed E-state index contributed by atoms with van der Waals surface area (Å²) >= 11 is 0. The molecule has 2 aliphatic heterocycles. The fraction of sp³-hybridized carbons (Fsp3) is 0.409. The predicted octanol–water partition coefficient (Wildman–Crippen LogP) is 2.24. The molecular weight excluding hydrogens is 366 g/mol. The van der Waals surface area contributed by atoms with Crippen LogP contribution < -0.4 is 10.9 Å². The lowest BCUT2D eigenvalue weighted by molar-refractivity contribution is 0.250. The van der Waals surface area contributed by atoms with Crippen LogP contribution in [0.25, 0.3) is 11.3 Å². The highest BCUT2D eigenvalue weighted by molar-refractivity contribution is 5.57. The van der Waals surface area contributed by atoms with Gasteiger partial charge in [0.15, 0.2) is 5.76 Å². The van der Waals surface area contributed by atoms with Gasteiger partial charge in [0, 0.05) is 60.8 Å². The van der Waals surface area contributed by atoms with Crippen molar-refractivity contribution in [3.63, 3.8) is 0 Å². The standard InChI is InChI=1S/C22H25N5O2/c1-26(14-19-9-20(25-29-19)16-4-6-23-7-5-16)13-17-2-3-21-18-8-15(10-24-11-18)12-27(21)22(17)28/h2-7,9,15,18,24H,8,10-14H2,1H3/t15-,18+/m0/s1. The summed E-state index contributed by atoms with van der Waals surface area (Å²) in [4.78, 5) is 19.2. The summed E-state index contributed by atoms with van der Waals surface area (Å²) in [6.45, 7) is 3.98. The van der Waals surface area contributed by atoms with Gasteiger partial charge in [0.1, 0.15) is 5.69 Å². The molecule has 0 spiro atoms. The van der Waals surface area contributed by atoms with Crippen molar-refractivity contribution in [3.8, 4) is 11.3 Å². The molecule has 1 N–H and O–H groups in total. The number of hydrogen-bond donors (Lipinski definition) is 1. The van der Waals surface area contributed by atoms with Crippen molar-refractivity contribution in [3.05, 3.63) is 70.1 Å². The topological polar surface area (TPSA) is 76.2 Å². The third-order valence-corrected chi connectivity index (χ3v) is 5.99. The molecule has 29 heavy (non-hydrogen) atoms. The second-order valence-corrected chi connectivity index (χ2v) is 8.24. The molecule has 1 fully saturated rings. The number of rotatable bonds is 5. The summed E-state index contributed by atoms with van der Waals surface area (Å²) in [5, 5.41) is 7.64. The molecule has 0 aromatic carbocycles. The largest absolute Gasteiger partial charge is 0.359 e. The van der Waals surface area contributed by atoms with E-state index in [0.29, 0.717) is 24.9 Å². The lowest BCUT2D eigenvalue weighted by Crippen LogP contribution is -2.45. The summed E-state index contributed by atoms with van der Waals surface area (Å²) in [7, 11) is 2.00. The van der Waals surface area contributed by atoms with E-state index in [4.69, 9.17) is 4.52 Å². The van der Waals surface area contributed by atoms with Gasteiger partial charge in [-0.05, 0) is 44.1 Å². The normalized spacial score (nSPS) is 20.6. The fourth-order valence-electron chi connectivity index (χ4n) is 4.62. The number of piperidine rings is 1. The monoisotopic (exact) mass is 391 g/mol. The van der Waals surface area contributed by atoms with Gasteiger partial charge in [-0.15, -0.1) is 0 Å². The van der Waals surface area contributed by atoms with Gasteiger partial charge in [-0.3, -0.25) is 14.7 Å². The van der Waals surface area contributed by atoms with Crippen molar-refractivity contribution in [2.45, 2.75) is 32.0 Å². The van der Waals surface area contributed by atoms with Gasteiger partial charge in [0.25, 0.3) is 5.56 Å². The van der Waals surface area contributed by atoms with Crippen molar-refractivity contribution in [1.82, 2.24) is 24.9 Å². The number of aromatic nitrogens is 3. The van der Waals surface area contributed by atoms with Gasteiger partial charge in [0.2, 0.25) is 0 Å². The average molecular weight is 391 g/mol. The first-order valence-electron chi connectivity index (χ1n) is 10.2. The van der Waals surface area contributed by atoms with Crippen LogP contribution in [-0.4, -0.2) is 39.7 Å². The Labute approximate surface area is 169 Å². The number of pyridine rings is 2. The van der Waals surface area contributed by atoms with E-state index in [9.17, 15) is 4.79 Å². The van der Waals surface area contributed by atoms with E-state index in [1.54, 1.807) is 12.4 Å². The first-order chi connectivity index (χ1) is 14.2. The molecule has 3 aromatic heterocycles. The van der Waals surface area contributed by atoms with Crippen molar-refractivity contribution >= 4 is 0 Å². The second-order valence-electron chi connectivity index (χ2n) is 8.24. The minimum absolute atomic E-state index is 0.154. The smallest absolute Gasteiger partial charge is 0.255 e. The van der Waals surface area contributed by atoms with E-state index in [2.05, 4.69) is 26.4 Å². The van der Waals surface area contributed by atoms with Crippen molar-refractivity contribution in [2.24, 2.45) is 5.92 Å². The van der Waals surface area contributed by atoms with Crippen LogP contribution in [-0.2, 0) is 19.6 Å². The molecule has 0 saturated carbocycles. The zero-order valence-corrected chi connectivity index (χ0v) is 16.5. The first kappa shape index (κ1) is 18.3. The minimum atomic E-state index is 0.154. The third-order valence-electron chi connectivity index (χ3n) is 5.99. The Balaban J connectivity index is 1.30. The summed E-state index contributed by atoms with van der Waals surface area (Å²) in [6, 6.07) is 9.91. The van der Waals surface area contributed by atoms with Gasteiger partial charge in [-0.1, -0.05) is 11.2 Å². The number of hydrogen-bond acceptors (Lipinski definition) is 6. The van der Waals surface area contributed by atoms with E-state index in [0.717, 1.165) is 42.2 Å². The van der Waals surface area contributed by atoms with Crippen LogP contribution >= 0.6 is 0 Å². The molecule has 2 bridgehead atoms. The zero-order chi connectivity index (χ0) is 19.8. The third kappa shape index (κ3) is 3.63. The highest BCUT2D eigenvalue weighted by atomic mass is 16.5. The molecule has 2 atom stereocenters. The van der Waals surface area contributed by atoms with E-state index in [1.807, 2.05) is 35.9 Å². The van der Waals surface area contributed by atoms with Gasteiger partial charge in [-0.25, -0.2) is 0 Å². The van der Waals surface area contributed by atoms with E-state index in [-0.39, 0.29) is 5.56 Å². The van der Waals surface area contributed by atoms with Crippen LogP contribution in [0.1, 0.15) is 29.4 Å². The summed E-state index contributed by atoms with van der Waals surface area (Å²) in [6.07, 6.45) is 4.67. The molecule has 7 nitrogen and oxygen atoms in total. The molecule has 150 valence electrons. The molecule has 0 aliphatic carbocycles. The molecule has 5 rings (SSSR count). The molecule has 0 unspecified atom stereocenters. The van der Waals surface area contributed by atoms with Crippen LogP contribution in [0.3, 0.4) is 0 Å². The Morgan fingerprint density at radius 2 is 2.07 bits per heavy atom. The quantitative estimate of drug-likeness (QED) is 0.719. The van der Waals surface area contributed by atoms with E-state index in [1.165, 1.54) is 12.1 Å². The summed E-state index contributed by atoms with van der Waals surface area (Å²) < 4.78 is 7.51. The molecule has 0 radical (unpaired) electrons. The van der Waals surface area contributed by atoms with Crippen LogP contribution in [0.15, 0.2) is 52.0 Å². The number of nitrogens with zero attached hydrogens (tertiary/aromatic N) is 4. The van der Waals surface area contributed by atoms with Crippen molar-refractivity contribution < 1.29 is 4.52 Å². The van der Waals surface area contributed by atoms with Gasteiger partial charge >= 0.3 is 0 Å². The Hall–Kier alpha value is -2.77. The van der Waals surface area contributed by atoms with Gasteiger partial charge < -0.3 is 14.4 Å². The molecule has 1 saturated heterocycles. The highest BCUT2D eigenvalue weighted by Crippen LogP contribution is 2.31. The van der Waals surface area contributed by atoms with Crippen LogP contribution in [0, 0.1) is 5.92 Å². The van der Waals surface area contributed by atoms with Crippen LogP contribution in [0.2, 0.25) is 0 Å². The molecule has 5 heterocycles. The van der Waals surface area contributed by atoms with Crippen molar-refractivity contribution in [1.29, 1.82) is 0 Å². The summed E-state index contributed by atoms with van der Waals surface area (Å²) in [5.41, 5.74) is 3.94. The molecule has 2 aliphatic rings. The lowest BCUT2D eigenvalue weighted by atomic mass is 9.84. The van der Waals surface area contributed by atoms with E-state index >= 15 is 0 Å². The Kier molecular flexibility index (Phi) is 4.77. The average Bonchev–Trinajstić information content (AvgIpc) is 3.20. The maximum atomic E-state index is 13.1. The first-order valence-corrected chi connectivity index (χ1v) is 10.2. The van der Waals surface area contributed by atoms with Crippen LogP contribution in [0.4, 0.5) is 0 Å². The Morgan fingerprint density at radius 1 is 1.21 bits per heavy atom. The van der Waals surface area contributed by atoms with Crippen LogP contribution in [0.5, 0.6) is 0 Å². The van der Waals surface area contributed by atoms with Gasteiger partial charge in [0.05, 0.1) is 6.54 Å². The molecule has 0 amide bonds. The molecule has 3 aromatic rings. The Bertz CT molecular complexity index is 1060. The SMILES string of the molecule is CN(Cc1cc(-c2ccncc2)no1)Cc1ccc2n(c1=O)C[C@@H]1CNC[C@H]2C1. The maximum absolute atomic E-state index is 13.1. The van der Waals surface area contributed by atoms with E-state index < -0.39 is 0 Å².